The lowest BCUT2D eigenvalue weighted by Gasteiger charge is -2.26. The van der Waals surface area contributed by atoms with Crippen molar-refractivity contribution in [3.8, 4) is 0 Å². The third-order valence-corrected chi connectivity index (χ3v) is 3.44. The normalized spacial score (nSPS) is 21.9. The molecule has 0 heterocycles. The molecule has 18 heavy (non-hydrogen) atoms. The van der Waals surface area contributed by atoms with E-state index < -0.39 is 17.4 Å². The number of carboxylic acids is 1. The minimum Gasteiger partial charge on any atom is -0.481 e. The number of carbonyl (C=O) groups is 2. The Labute approximate surface area is 107 Å². The first-order valence-corrected chi connectivity index (χ1v) is 6.34. The van der Waals surface area contributed by atoms with Gasteiger partial charge in [0.2, 0.25) is 0 Å². The van der Waals surface area contributed by atoms with Gasteiger partial charge in [-0.2, -0.15) is 0 Å². The van der Waals surface area contributed by atoms with Crippen molar-refractivity contribution in [1.82, 2.24) is 0 Å². The van der Waals surface area contributed by atoms with Crippen LogP contribution in [0.3, 0.4) is 0 Å². The summed E-state index contributed by atoms with van der Waals surface area (Å²) in [5.41, 5.74) is 10.8. The van der Waals surface area contributed by atoms with Crippen molar-refractivity contribution in [1.29, 1.82) is 0 Å². The lowest BCUT2D eigenvalue weighted by Crippen LogP contribution is -2.42. The highest BCUT2D eigenvalue weighted by Gasteiger charge is 2.41. The van der Waals surface area contributed by atoms with Gasteiger partial charge in [-0.15, -0.1) is 0 Å². The van der Waals surface area contributed by atoms with E-state index >= 15 is 0 Å². The van der Waals surface area contributed by atoms with Crippen molar-refractivity contribution < 1.29 is 14.7 Å². The number of rotatable bonds is 6. The molecule has 0 amide bonds. The highest BCUT2D eigenvalue weighted by Crippen LogP contribution is 2.41. The van der Waals surface area contributed by atoms with Gasteiger partial charge in [0.15, 0.2) is 5.78 Å². The predicted molar refractivity (Wildman–Crippen MR) is 68.9 cm³/mol. The van der Waals surface area contributed by atoms with Crippen LogP contribution in [0.4, 0.5) is 0 Å². The Hall–Kier alpha value is -1.20. The fraction of sp³-hybridized carbons (Fsp3) is 0.692. The first-order valence-electron chi connectivity index (χ1n) is 6.34. The third kappa shape index (κ3) is 3.65. The van der Waals surface area contributed by atoms with Gasteiger partial charge in [0.1, 0.15) is 0 Å². The smallest absolute Gasteiger partial charge is 0.305 e. The zero-order chi connectivity index (χ0) is 13.8. The van der Waals surface area contributed by atoms with E-state index in [4.69, 9.17) is 16.6 Å². The summed E-state index contributed by atoms with van der Waals surface area (Å²) in [6.07, 6.45) is 6.74. The molecule has 1 aliphatic rings. The van der Waals surface area contributed by atoms with E-state index in [9.17, 15) is 9.59 Å². The van der Waals surface area contributed by atoms with E-state index in [-0.39, 0.29) is 18.2 Å². The van der Waals surface area contributed by atoms with Crippen LogP contribution >= 0.6 is 0 Å². The van der Waals surface area contributed by atoms with Crippen molar-refractivity contribution in [2.24, 2.45) is 16.9 Å². The van der Waals surface area contributed by atoms with E-state index in [2.05, 4.69) is 0 Å². The lowest BCUT2D eigenvalue weighted by molar-refractivity contribution is -0.140. The number of allylic oxidation sites excluding steroid dienone is 1. The molecule has 1 unspecified atom stereocenters. The number of nitrogens with two attached hydrogens (primary N) is 2. The van der Waals surface area contributed by atoms with E-state index in [1.165, 1.54) is 0 Å². The molecule has 0 saturated heterocycles. The minimum absolute atomic E-state index is 0.119. The second-order valence-electron chi connectivity index (χ2n) is 5.15. The Balaban J connectivity index is 2.84. The van der Waals surface area contributed by atoms with E-state index in [0.29, 0.717) is 0 Å². The molecular weight excluding hydrogens is 232 g/mol. The monoisotopic (exact) mass is 254 g/mol. The first-order chi connectivity index (χ1) is 8.37. The molecule has 102 valence electrons. The van der Waals surface area contributed by atoms with Crippen LogP contribution in [-0.4, -0.2) is 28.9 Å². The largest absolute Gasteiger partial charge is 0.481 e. The summed E-state index contributed by atoms with van der Waals surface area (Å²) in [5, 5.41) is 8.71. The molecule has 0 aromatic carbocycles. The summed E-state index contributed by atoms with van der Waals surface area (Å²) in [5.74, 6) is -1.21. The van der Waals surface area contributed by atoms with Gasteiger partial charge in [-0.25, -0.2) is 0 Å². The Morgan fingerprint density at radius 3 is 2.33 bits per heavy atom. The van der Waals surface area contributed by atoms with E-state index in [1.54, 1.807) is 6.08 Å². The van der Waals surface area contributed by atoms with Crippen molar-refractivity contribution >= 4 is 11.8 Å². The Kier molecular flexibility index (Phi) is 5.04. The Bertz CT molecular complexity index is 344. The molecule has 0 bridgehead atoms. The Morgan fingerprint density at radius 1 is 1.33 bits per heavy atom. The van der Waals surface area contributed by atoms with Gasteiger partial charge < -0.3 is 16.6 Å². The Morgan fingerprint density at radius 2 is 1.89 bits per heavy atom. The number of carboxylic acid groups (broad SMARTS) is 1. The average Bonchev–Trinajstić information content (AvgIpc) is 2.74. The summed E-state index contributed by atoms with van der Waals surface area (Å²) < 4.78 is 0. The lowest BCUT2D eigenvalue weighted by atomic mass is 9.77. The molecule has 5 N–H and O–H groups in total. The van der Waals surface area contributed by atoms with Crippen LogP contribution in [0.1, 0.15) is 39.0 Å². The zero-order valence-electron chi connectivity index (χ0n) is 10.8. The number of hydrogen-bond donors (Lipinski definition) is 3. The predicted octanol–water partition coefficient (Wildman–Crippen LogP) is 0.821. The van der Waals surface area contributed by atoms with E-state index in [1.807, 2.05) is 13.0 Å². The summed E-state index contributed by atoms with van der Waals surface area (Å²) in [6.45, 7) is 1.83. The van der Waals surface area contributed by atoms with Crippen molar-refractivity contribution in [3.05, 3.63) is 12.2 Å². The topological polar surface area (TPSA) is 106 Å². The van der Waals surface area contributed by atoms with Crippen molar-refractivity contribution in [3.63, 3.8) is 0 Å². The molecule has 5 nitrogen and oxygen atoms in total. The van der Waals surface area contributed by atoms with Crippen LogP contribution in [0.5, 0.6) is 0 Å². The molecule has 2 atom stereocenters. The second kappa shape index (κ2) is 6.11. The SMILES string of the molecule is CC(N)C=CC1(C(=O)[C@H](N)CC(=O)O)CCCC1. The van der Waals surface area contributed by atoms with Crippen LogP contribution in [0.2, 0.25) is 0 Å². The number of aliphatic carboxylic acids is 1. The maximum atomic E-state index is 12.3. The fourth-order valence-corrected chi connectivity index (χ4v) is 2.49. The van der Waals surface area contributed by atoms with Crippen LogP contribution in [0, 0.1) is 5.41 Å². The van der Waals surface area contributed by atoms with Gasteiger partial charge >= 0.3 is 5.97 Å². The summed E-state index contributed by atoms with van der Waals surface area (Å²) >= 11 is 0. The highest BCUT2D eigenvalue weighted by molar-refractivity contribution is 5.93. The highest BCUT2D eigenvalue weighted by atomic mass is 16.4. The number of Topliss-reactive ketones (excluding diaryl/α,β-unsaturated/α-hetero) is 1. The summed E-state index contributed by atoms with van der Waals surface area (Å²) in [4.78, 5) is 23.0. The van der Waals surface area contributed by atoms with Crippen LogP contribution in [0.15, 0.2) is 12.2 Å². The average molecular weight is 254 g/mol. The fourth-order valence-electron chi connectivity index (χ4n) is 2.49. The summed E-state index contributed by atoms with van der Waals surface area (Å²) in [6, 6.07) is -1.05. The van der Waals surface area contributed by atoms with Gasteiger partial charge in [-0.3, -0.25) is 9.59 Å². The molecule has 0 aliphatic heterocycles. The maximum absolute atomic E-state index is 12.3. The molecule has 5 heteroatoms. The van der Waals surface area contributed by atoms with Crippen molar-refractivity contribution in [2.45, 2.75) is 51.1 Å². The molecule has 1 fully saturated rings. The van der Waals surface area contributed by atoms with Crippen LogP contribution < -0.4 is 11.5 Å². The maximum Gasteiger partial charge on any atom is 0.305 e. The van der Waals surface area contributed by atoms with Gasteiger partial charge in [0.05, 0.1) is 12.5 Å². The third-order valence-electron chi connectivity index (χ3n) is 3.44. The van der Waals surface area contributed by atoms with Crippen molar-refractivity contribution in [2.75, 3.05) is 0 Å². The quantitative estimate of drug-likeness (QED) is 0.608. The molecule has 1 saturated carbocycles. The molecular formula is C13H22N2O3. The first kappa shape index (κ1) is 14.9. The molecule has 0 spiro atoms. The van der Waals surface area contributed by atoms with Gasteiger partial charge in [-0.1, -0.05) is 25.0 Å². The summed E-state index contributed by atoms with van der Waals surface area (Å²) in [7, 11) is 0. The number of carbonyl (C=O) groups excluding carboxylic acids is 1. The molecule has 1 aliphatic carbocycles. The molecule has 0 aromatic rings. The standard InChI is InChI=1S/C13H22N2O3/c1-9(14)4-7-13(5-2-3-6-13)12(18)10(15)8-11(16)17/h4,7,9-10H,2-3,5-6,8,14-15H2,1H3,(H,16,17)/t9?,10-/m1/s1. The molecule has 0 aromatic heterocycles. The second-order valence-corrected chi connectivity index (χ2v) is 5.15. The van der Waals surface area contributed by atoms with Gasteiger partial charge in [0.25, 0.3) is 0 Å². The van der Waals surface area contributed by atoms with Crippen LogP contribution in [0.25, 0.3) is 0 Å². The molecule has 1 rings (SSSR count). The van der Waals surface area contributed by atoms with E-state index in [0.717, 1.165) is 25.7 Å². The minimum atomic E-state index is -1.04. The number of ketones is 1. The van der Waals surface area contributed by atoms with Gasteiger partial charge in [-0.05, 0) is 19.8 Å². The van der Waals surface area contributed by atoms with Crippen LogP contribution in [-0.2, 0) is 9.59 Å². The zero-order valence-corrected chi connectivity index (χ0v) is 10.8. The van der Waals surface area contributed by atoms with Gasteiger partial charge in [0, 0.05) is 11.5 Å². The number of hydrogen-bond acceptors (Lipinski definition) is 4. The molecule has 0 radical (unpaired) electrons.